The van der Waals surface area contributed by atoms with E-state index in [4.69, 9.17) is 9.84 Å². The Hall–Kier alpha value is -2.28. The Morgan fingerprint density at radius 2 is 2.09 bits per heavy atom. The molecule has 0 saturated carbocycles. The zero-order valence-electron chi connectivity index (χ0n) is 12.4. The summed E-state index contributed by atoms with van der Waals surface area (Å²) in [6.07, 6.45) is 2.69. The minimum atomic E-state index is -0.959. The van der Waals surface area contributed by atoms with Gasteiger partial charge in [0.05, 0.1) is 17.9 Å². The molecule has 1 aliphatic rings. The van der Waals surface area contributed by atoms with E-state index in [2.05, 4.69) is 9.97 Å². The Balaban J connectivity index is 1.51. The van der Waals surface area contributed by atoms with Crippen LogP contribution in [0.25, 0.3) is 0 Å². The van der Waals surface area contributed by atoms with Crippen LogP contribution in [0.15, 0.2) is 34.2 Å². The van der Waals surface area contributed by atoms with Crippen LogP contribution in [0.2, 0.25) is 0 Å². The molecule has 0 unspecified atom stereocenters. The van der Waals surface area contributed by atoms with Crippen molar-refractivity contribution in [1.82, 2.24) is 9.97 Å². The maximum atomic E-state index is 11.9. The number of carbonyl (C=O) groups is 1. The van der Waals surface area contributed by atoms with Crippen molar-refractivity contribution in [1.29, 1.82) is 0 Å². The smallest absolute Gasteiger partial charge is 0.335 e. The highest BCUT2D eigenvalue weighted by molar-refractivity contribution is 7.99. The normalized spacial score (nSPS) is 12.9. The summed E-state index contributed by atoms with van der Waals surface area (Å²) in [7, 11) is 0. The number of benzene rings is 1. The first-order valence-electron chi connectivity index (χ1n) is 7.34. The fourth-order valence-corrected chi connectivity index (χ4v) is 3.18. The molecule has 120 valence electrons. The van der Waals surface area contributed by atoms with Crippen LogP contribution in [0.1, 0.15) is 28.0 Å². The van der Waals surface area contributed by atoms with E-state index in [0.29, 0.717) is 23.3 Å². The van der Waals surface area contributed by atoms with Crippen molar-refractivity contribution in [3.05, 3.63) is 51.4 Å². The number of hydrogen-bond acceptors (Lipinski definition) is 5. The van der Waals surface area contributed by atoms with Gasteiger partial charge < -0.3 is 14.8 Å². The number of nitrogens with zero attached hydrogens (tertiary/aromatic N) is 1. The standard InChI is InChI=1S/C16H16N2O4S/c19-14-12-2-1-3-13(12)17-16(18-14)23-9-8-22-11-6-4-10(5-7-11)15(20)21/h4-7H,1-3,8-9H2,(H,20,21)(H,17,18,19). The minimum Gasteiger partial charge on any atom is -0.493 e. The lowest BCUT2D eigenvalue weighted by atomic mass is 10.2. The van der Waals surface area contributed by atoms with Crippen molar-refractivity contribution in [2.45, 2.75) is 24.4 Å². The summed E-state index contributed by atoms with van der Waals surface area (Å²) < 4.78 is 5.55. The highest BCUT2D eigenvalue weighted by Gasteiger charge is 2.17. The van der Waals surface area contributed by atoms with Crippen LogP contribution in [0.4, 0.5) is 0 Å². The minimum absolute atomic E-state index is 0.0276. The topological polar surface area (TPSA) is 92.3 Å². The van der Waals surface area contributed by atoms with Gasteiger partial charge in [0.2, 0.25) is 0 Å². The number of nitrogens with one attached hydrogen (secondary N) is 1. The first-order chi connectivity index (χ1) is 11.1. The molecule has 0 atom stereocenters. The quantitative estimate of drug-likeness (QED) is 0.478. The van der Waals surface area contributed by atoms with Crippen LogP contribution in [0.5, 0.6) is 5.75 Å². The maximum absolute atomic E-state index is 11.9. The number of aromatic nitrogens is 2. The molecule has 3 rings (SSSR count). The molecule has 23 heavy (non-hydrogen) atoms. The van der Waals surface area contributed by atoms with Crippen LogP contribution < -0.4 is 10.3 Å². The van der Waals surface area contributed by atoms with Crippen LogP contribution in [-0.4, -0.2) is 33.4 Å². The van der Waals surface area contributed by atoms with Gasteiger partial charge in [0.1, 0.15) is 5.75 Å². The third kappa shape index (κ3) is 3.73. The summed E-state index contributed by atoms with van der Waals surface area (Å²) in [5.74, 6) is 0.298. The van der Waals surface area contributed by atoms with Gasteiger partial charge in [-0.15, -0.1) is 0 Å². The Bertz CT molecular complexity index is 771. The van der Waals surface area contributed by atoms with Crippen molar-refractivity contribution in [2.75, 3.05) is 12.4 Å². The molecule has 6 nitrogen and oxygen atoms in total. The molecule has 1 aromatic heterocycles. The third-order valence-electron chi connectivity index (χ3n) is 3.61. The molecule has 1 heterocycles. The van der Waals surface area contributed by atoms with E-state index in [1.807, 2.05) is 0 Å². The van der Waals surface area contributed by atoms with Crippen molar-refractivity contribution in [2.24, 2.45) is 0 Å². The lowest BCUT2D eigenvalue weighted by Crippen LogP contribution is -2.15. The predicted octanol–water partition coefficient (Wildman–Crippen LogP) is 2.13. The van der Waals surface area contributed by atoms with E-state index in [1.165, 1.54) is 23.9 Å². The third-order valence-corrected chi connectivity index (χ3v) is 4.45. The van der Waals surface area contributed by atoms with Gasteiger partial charge in [-0.2, -0.15) is 0 Å². The first kappa shape index (κ1) is 15.6. The number of carboxylic acids is 1. The monoisotopic (exact) mass is 332 g/mol. The highest BCUT2D eigenvalue weighted by atomic mass is 32.2. The van der Waals surface area contributed by atoms with Crippen molar-refractivity contribution >= 4 is 17.7 Å². The summed E-state index contributed by atoms with van der Waals surface area (Å²) >= 11 is 1.44. The molecule has 0 amide bonds. The number of aromatic amines is 1. The van der Waals surface area contributed by atoms with E-state index in [0.717, 1.165) is 30.5 Å². The van der Waals surface area contributed by atoms with E-state index in [1.54, 1.807) is 12.1 Å². The molecule has 7 heteroatoms. The zero-order valence-corrected chi connectivity index (χ0v) is 13.2. The van der Waals surface area contributed by atoms with Crippen LogP contribution in [0.3, 0.4) is 0 Å². The number of hydrogen-bond donors (Lipinski definition) is 2. The Labute approximate surface area is 136 Å². The first-order valence-corrected chi connectivity index (χ1v) is 8.33. The van der Waals surface area contributed by atoms with Crippen LogP contribution in [0, 0.1) is 0 Å². The fourth-order valence-electron chi connectivity index (χ4n) is 2.48. The fraction of sp³-hybridized carbons (Fsp3) is 0.312. The van der Waals surface area contributed by atoms with E-state index in [-0.39, 0.29) is 11.1 Å². The van der Waals surface area contributed by atoms with Gasteiger partial charge in [-0.3, -0.25) is 4.79 Å². The molecule has 2 aromatic rings. The summed E-state index contributed by atoms with van der Waals surface area (Å²) in [5, 5.41) is 9.45. The number of ether oxygens (including phenoxy) is 1. The van der Waals surface area contributed by atoms with Crippen molar-refractivity contribution in [3.63, 3.8) is 0 Å². The number of thioether (sulfide) groups is 1. The number of fused-ring (bicyclic) bond motifs is 1. The van der Waals surface area contributed by atoms with Gasteiger partial charge in [-0.25, -0.2) is 9.78 Å². The second-order valence-corrected chi connectivity index (χ2v) is 6.26. The molecule has 0 radical (unpaired) electrons. The molecule has 0 aliphatic heterocycles. The number of aryl methyl sites for hydroxylation is 1. The lowest BCUT2D eigenvalue weighted by molar-refractivity contribution is 0.0697. The molecule has 2 N–H and O–H groups in total. The molecule has 0 bridgehead atoms. The van der Waals surface area contributed by atoms with Crippen molar-refractivity contribution in [3.8, 4) is 5.75 Å². The number of aromatic carboxylic acids is 1. The largest absolute Gasteiger partial charge is 0.493 e. The van der Waals surface area contributed by atoms with Gasteiger partial charge >= 0.3 is 5.97 Å². The number of carboxylic acid groups (broad SMARTS) is 1. The van der Waals surface area contributed by atoms with E-state index >= 15 is 0 Å². The SMILES string of the molecule is O=C(O)c1ccc(OCCSc2nc3c(c(=O)[nH]2)CCC3)cc1. The van der Waals surface area contributed by atoms with Crippen LogP contribution >= 0.6 is 11.8 Å². The molecule has 0 saturated heterocycles. The summed E-state index contributed by atoms with van der Waals surface area (Å²) in [6, 6.07) is 6.27. The highest BCUT2D eigenvalue weighted by Crippen LogP contribution is 2.20. The average Bonchev–Trinajstić information content (AvgIpc) is 3.01. The molecule has 0 spiro atoms. The predicted molar refractivity (Wildman–Crippen MR) is 86.5 cm³/mol. The summed E-state index contributed by atoms with van der Waals surface area (Å²) in [5.41, 5.74) is 1.94. The Kier molecular flexibility index (Phi) is 4.66. The van der Waals surface area contributed by atoms with Gasteiger partial charge in [-0.05, 0) is 43.5 Å². The lowest BCUT2D eigenvalue weighted by Gasteiger charge is -2.07. The van der Waals surface area contributed by atoms with Gasteiger partial charge in [0, 0.05) is 11.3 Å². The molecular weight excluding hydrogens is 316 g/mol. The Morgan fingerprint density at radius 3 is 2.83 bits per heavy atom. The van der Waals surface area contributed by atoms with Gasteiger partial charge in [-0.1, -0.05) is 11.8 Å². The summed E-state index contributed by atoms with van der Waals surface area (Å²) in [6.45, 7) is 0.442. The number of rotatable bonds is 6. The van der Waals surface area contributed by atoms with Gasteiger partial charge in [0.25, 0.3) is 5.56 Å². The Morgan fingerprint density at radius 1 is 1.30 bits per heavy atom. The second-order valence-electron chi connectivity index (χ2n) is 5.18. The molecule has 0 fully saturated rings. The van der Waals surface area contributed by atoms with E-state index in [9.17, 15) is 9.59 Å². The van der Waals surface area contributed by atoms with Crippen molar-refractivity contribution < 1.29 is 14.6 Å². The van der Waals surface area contributed by atoms with E-state index < -0.39 is 5.97 Å². The second kappa shape index (κ2) is 6.87. The molecule has 1 aromatic carbocycles. The maximum Gasteiger partial charge on any atom is 0.335 e. The molecular formula is C16H16N2O4S. The average molecular weight is 332 g/mol. The number of H-pyrrole nitrogens is 1. The van der Waals surface area contributed by atoms with Gasteiger partial charge in [0.15, 0.2) is 5.16 Å². The zero-order chi connectivity index (χ0) is 16.2. The molecule has 1 aliphatic carbocycles. The summed E-state index contributed by atoms with van der Waals surface area (Å²) in [4.78, 5) is 29.9. The van der Waals surface area contributed by atoms with Crippen LogP contribution in [-0.2, 0) is 12.8 Å².